The van der Waals surface area contributed by atoms with Crippen LogP contribution in [0.1, 0.15) is 39.4 Å². The highest BCUT2D eigenvalue weighted by Crippen LogP contribution is 2.34. The molecule has 1 aromatic carbocycles. The predicted molar refractivity (Wildman–Crippen MR) is 107 cm³/mol. The molecular weight excluding hydrogens is 391 g/mol. The number of thiocarbonyl (C=S) groups is 1. The number of hydrogen-bond donors (Lipinski definition) is 2. The summed E-state index contributed by atoms with van der Waals surface area (Å²) < 4.78 is 23.4. The summed E-state index contributed by atoms with van der Waals surface area (Å²) in [6, 6.07) is 5.78. The minimum atomic E-state index is -0.571. The van der Waals surface area contributed by atoms with Gasteiger partial charge in [0.1, 0.15) is 15.7 Å². The van der Waals surface area contributed by atoms with Crippen LogP contribution < -0.4 is 10.6 Å². The number of nitrogens with one attached hydrogen (secondary N) is 2. The zero-order chi connectivity index (χ0) is 20.0. The molecule has 27 heavy (non-hydrogen) atoms. The van der Waals surface area contributed by atoms with Gasteiger partial charge in [0.15, 0.2) is 5.11 Å². The highest BCUT2D eigenvalue weighted by molar-refractivity contribution is 7.80. The molecule has 0 fully saturated rings. The van der Waals surface area contributed by atoms with Crippen LogP contribution >= 0.6 is 23.6 Å². The maximum Gasteiger partial charge on any atom is 0.348 e. The van der Waals surface area contributed by atoms with Crippen molar-refractivity contribution in [2.75, 3.05) is 23.8 Å². The van der Waals surface area contributed by atoms with Crippen molar-refractivity contribution < 1.29 is 23.5 Å². The average molecular weight is 410 g/mol. The molecule has 0 saturated carbocycles. The summed E-state index contributed by atoms with van der Waals surface area (Å²) in [6.07, 6.45) is 0. The molecule has 0 spiro atoms. The number of carbonyl (C=O) groups excluding carboxylic acids is 2. The van der Waals surface area contributed by atoms with Gasteiger partial charge >= 0.3 is 11.9 Å². The number of anilines is 2. The number of hydrogen-bond acceptors (Lipinski definition) is 6. The molecule has 0 unspecified atom stereocenters. The molecule has 144 valence electrons. The fraction of sp³-hybridized carbons (Fsp3) is 0.278. The first-order valence-corrected chi connectivity index (χ1v) is 9.41. The smallest absolute Gasteiger partial charge is 0.348 e. The Kier molecular flexibility index (Phi) is 7.26. The number of benzene rings is 1. The Morgan fingerprint density at radius 1 is 1.15 bits per heavy atom. The van der Waals surface area contributed by atoms with Gasteiger partial charge in [-0.05, 0) is 56.8 Å². The Bertz CT molecular complexity index is 867. The Hall–Kier alpha value is -2.52. The van der Waals surface area contributed by atoms with Gasteiger partial charge in [0.2, 0.25) is 0 Å². The number of carbonyl (C=O) groups is 2. The van der Waals surface area contributed by atoms with E-state index in [4.69, 9.17) is 21.7 Å². The largest absolute Gasteiger partial charge is 0.462 e. The zero-order valence-electron chi connectivity index (χ0n) is 15.1. The SMILES string of the molecule is CCOC(=O)c1sc(NC(=S)Nc2cccc(F)c2)c(C(=O)OCC)c1C. The summed E-state index contributed by atoms with van der Waals surface area (Å²) in [7, 11) is 0. The molecule has 0 atom stereocenters. The van der Waals surface area contributed by atoms with Gasteiger partial charge in [0, 0.05) is 5.69 Å². The van der Waals surface area contributed by atoms with Crippen molar-refractivity contribution in [1.82, 2.24) is 0 Å². The van der Waals surface area contributed by atoms with Gasteiger partial charge in [-0.25, -0.2) is 14.0 Å². The maximum atomic E-state index is 13.3. The first-order chi connectivity index (χ1) is 12.9. The Morgan fingerprint density at radius 2 is 1.81 bits per heavy atom. The monoisotopic (exact) mass is 410 g/mol. The van der Waals surface area contributed by atoms with Crippen molar-refractivity contribution in [2.24, 2.45) is 0 Å². The lowest BCUT2D eigenvalue weighted by atomic mass is 10.1. The lowest BCUT2D eigenvalue weighted by molar-refractivity contribution is 0.0527. The molecule has 0 aliphatic rings. The Morgan fingerprint density at radius 3 is 2.44 bits per heavy atom. The Labute approximate surface area is 165 Å². The molecule has 1 aromatic heterocycles. The zero-order valence-corrected chi connectivity index (χ0v) is 16.7. The van der Waals surface area contributed by atoms with Crippen LogP contribution in [0, 0.1) is 12.7 Å². The van der Waals surface area contributed by atoms with Crippen LogP contribution in [-0.4, -0.2) is 30.3 Å². The number of halogens is 1. The molecule has 2 aromatic rings. The van der Waals surface area contributed by atoms with Gasteiger partial charge in [0.25, 0.3) is 0 Å². The molecule has 0 bridgehead atoms. The van der Waals surface area contributed by atoms with E-state index >= 15 is 0 Å². The van der Waals surface area contributed by atoms with E-state index in [1.165, 1.54) is 12.1 Å². The van der Waals surface area contributed by atoms with Crippen LogP contribution in [-0.2, 0) is 9.47 Å². The maximum absolute atomic E-state index is 13.3. The van der Waals surface area contributed by atoms with Crippen LogP contribution in [0.25, 0.3) is 0 Å². The van der Waals surface area contributed by atoms with E-state index in [-0.39, 0.29) is 28.8 Å². The molecule has 2 rings (SSSR count). The summed E-state index contributed by atoms with van der Waals surface area (Å²) in [5.74, 6) is -1.51. The first kappa shape index (κ1) is 20.8. The fourth-order valence-corrected chi connectivity index (χ4v) is 3.65. The topological polar surface area (TPSA) is 76.7 Å². The molecule has 0 saturated heterocycles. The van der Waals surface area contributed by atoms with Crippen LogP contribution in [0.2, 0.25) is 0 Å². The molecule has 0 amide bonds. The third kappa shape index (κ3) is 5.24. The van der Waals surface area contributed by atoms with Gasteiger partial charge in [0.05, 0.1) is 18.8 Å². The quantitative estimate of drug-likeness (QED) is 0.541. The van der Waals surface area contributed by atoms with Crippen molar-refractivity contribution in [3.05, 3.63) is 46.1 Å². The van der Waals surface area contributed by atoms with E-state index in [0.29, 0.717) is 16.3 Å². The molecule has 9 heteroatoms. The molecule has 6 nitrogen and oxygen atoms in total. The van der Waals surface area contributed by atoms with Crippen molar-refractivity contribution in [1.29, 1.82) is 0 Å². The van der Waals surface area contributed by atoms with Crippen LogP contribution in [0.3, 0.4) is 0 Å². The summed E-state index contributed by atoms with van der Waals surface area (Å²) >= 11 is 6.28. The second-order valence-electron chi connectivity index (χ2n) is 5.29. The van der Waals surface area contributed by atoms with E-state index in [0.717, 1.165) is 11.3 Å². The number of ether oxygens (including phenoxy) is 2. The van der Waals surface area contributed by atoms with Crippen molar-refractivity contribution >= 4 is 51.3 Å². The number of esters is 2. The van der Waals surface area contributed by atoms with Gasteiger partial charge in [-0.2, -0.15) is 0 Å². The highest BCUT2D eigenvalue weighted by Gasteiger charge is 2.26. The molecule has 1 heterocycles. The number of rotatable bonds is 6. The van der Waals surface area contributed by atoms with Crippen molar-refractivity contribution in [3.63, 3.8) is 0 Å². The summed E-state index contributed by atoms with van der Waals surface area (Å²) in [4.78, 5) is 24.8. The van der Waals surface area contributed by atoms with E-state index in [2.05, 4.69) is 10.6 Å². The molecule has 0 aliphatic carbocycles. The second kappa shape index (κ2) is 9.43. The van der Waals surface area contributed by atoms with E-state index in [1.54, 1.807) is 32.9 Å². The molecule has 2 N–H and O–H groups in total. The summed E-state index contributed by atoms with van der Waals surface area (Å²) in [5, 5.41) is 6.21. The fourth-order valence-electron chi connectivity index (χ4n) is 2.27. The van der Waals surface area contributed by atoms with E-state index in [1.807, 2.05) is 0 Å². The minimum absolute atomic E-state index is 0.141. The van der Waals surface area contributed by atoms with Gasteiger partial charge in [-0.15, -0.1) is 11.3 Å². The van der Waals surface area contributed by atoms with Gasteiger partial charge in [-0.1, -0.05) is 6.07 Å². The summed E-state index contributed by atoms with van der Waals surface area (Å²) in [6.45, 7) is 5.43. The third-order valence-corrected chi connectivity index (χ3v) is 4.79. The minimum Gasteiger partial charge on any atom is -0.462 e. The second-order valence-corrected chi connectivity index (χ2v) is 6.72. The van der Waals surface area contributed by atoms with Crippen LogP contribution in [0.4, 0.5) is 15.1 Å². The van der Waals surface area contributed by atoms with Crippen LogP contribution in [0.5, 0.6) is 0 Å². The standard InChI is InChI=1S/C18H19FN2O4S2/c1-4-24-16(22)13-10(3)14(17(23)25-5-2)27-15(13)21-18(26)20-12-8-6-7-11(19)9-12/h6-9H,4-5H2,1-3H3,(H2,20,21,26). The summed E-state index contributed by atoms with van der Waals surface area (Å²) in [5.41, 5.74) is 1.12. The van der Waals surface area contributed by atoms with Crippen molar-refractivity contribution in [2.45, 2.75) is 20.8 Å². The highest BCUT2D eigenvalue weighted by atomic mass is 32.1. The molecular formula is C18H19FN2O4S2. The van der Waals surface area contributed by atoms with Crippen LogP contribution in [0.15, 0.2) is 24.3 Å². The van der Waals surface area contributed by atoms with Gasteiger partial charge < -0.3 is 20.1 Å². The van der Waals surface area contributed by atoms with E-state index in [9.17, 15) is 14.0 Å². The lowest BCUT2D eigenvalue weighted by Gasteiger charge is -2.11. The molecule has 0 aliphatic heterocycles. The lowest BCUT2D eigenvalue weighted by Crippen LogP contribution is -2.20. The van der Waals surface area contributed by atoms with Gasteiger partial charge in [-0.3, -0.25) is 0 Å². The normalized spacial score (nSPS) is 10.2. The third-order valence-electron chi connectivity index (χ3n) is 3.40. The average Bonchev–Trinajstić information content (AvgIpc) is 2.91. The van der Waals surface area contributed by atoms with Crippen molar-refractivity contribution in [3.8, 4) is 0 Å². The number of thiophene rings is 1. The first-order valence-electron chi connectivity index (χ1n) is 8.18. The Balaban J connectivity index is 2.30. The van der Waals surface area contributed by atoms with E-state index < -0.39 is 17.8 Å². The molecule has 0 radical (unpaired) electrons. The predicted octanol–water partition coefficient (Wildman–Crippen LogP) is 4.36.